The van der Waals surface area contributed by atoms with Gasteiger partial charge in [0.1, 0.15) is 11.5 Å². The average molecular weight is 431 g/mol. The summed E-state index contributed by atoms with van der Waals surface area (Å²) in [5.74, 6) is 2.84. The summed E-state index contributed by atoms with van der Waals surface area (Å²) in [7, 11) is 0. The first-order chi connectivity index (χ1) is 15.4. The van der Waals surface area contributed by atoms with Crippen LogP contribution in [-0.4, -0.2) is 21.8 Å². The van der Waals surface area contributed by atoms with Gasteiger partial charge >= 0.3 is 6.09 Å². The number of ether oxygens (including phenoxy) is 1. The lowest BCUT2D eigenvalue weighted by Crippen LogP contribution is -2.42. The Balaban J connectivity index is 1.22. The zero-order valence-corrected chi connectivity index (χ0v) is 18.9. The van der Waals surface area contributed by atoms with E-state index in [1.165, 1.54) is 11.1 Å². The Morgan fingerprint density at radius 3 is 2.88 bits per heavy atom. The van der Waals surface area contributed by atoms with E-state index in [1.54, 1.807) is 11.1 Å². The molecule has 1 amide bonds. The van der Waals surface area contributed by atoms with Gasteiger partial charge in [-0.15, -0.1) is 0 Å². The van der Waals surface area contributed by atoms with Crippen LogP contribution in [-0.2, 0) is 24.3 Å². The smallest absolute Gasteiger partial charge is 0.410 e. The van der Waals surface area contributed by atoms with Gasteiger partial charge in [0, 0.05) is 18.0 Å². The Hall–Kier alpha value is -2.69. The summed E-state index contributed by atoms with van der Waals surface area (Å²) in [6.45, 7) is 5.31. The third-order valence-corrected chi connectivity index (χ3v) is 8.87. The van der Waals surface area contributed by atoms with Crippen LogP contribution in [0.2, 0.25) is 0 Å². The molecule has 0 radical (unpaired) electrons. The second kappa shape index (κ2) is 7.16. The average Bonchev–Trinajstić information content (AvgIpc) is 3.35. The van der Waals surface area contributed by atoms with Crippen LogP contribution < -0.4 is 4.74 Å². The fourth-order valence-corrected chi connectivity index (χ4v) is 7.08. The van der Waals surface area contributed by atoms with Gasteiger partial charge in [-0.25, -0.2) is 4.79 Å². The first kappa shape index (κ1) is 20.0. The summed E-state index contributed by atoms with van der Waals surface area (Å²) < 4.78 is 5.88. The second-order valence-electron chi connectivity index (χ2n) is 10.5. The molecule has 5 nitrogen and oxygen atoms in total. The molecule has 4 aliphatic rings. The number of benzene rings is 1. The number of nitrogens with zero attached hydrogens (tertiary/aromatic N) is 2. The Labute approximate surface area is 189 Å². The molecule has 0 N–H and O–H groups in total. The highest BCUT2D eigenvalue weighted by Gasteiger charge is 2.54. The molecule has 0 spiro atoms. The fraction of sp³-hybridized carbons (Fsp3) is 0.519. The molecule has 1 aliphatic heterocycles. The molecular weight excluding hydrogens is 400 g/mol. The van der Waals surface area contributed by atoms with Gasteiger partial charge in [-0.2, -0.15) is 0 Å². The van der Waals surface area contributed by atoms with Crippen molar-refractivity contribution in [3.63, 3.8) is 0 Å². The Morgan fingerprint density at radius 2 is 2.03 bits per heavy atom. The normalized spacial score (nSPS) is 30.4. The number of hydrogen-bond donors (Lipinski definition) is 0. The van der Waals surface area contributed by atoms with Gasteiger partial charge in [0.15, 0.2) is 0 Å². The van der Waals surface area contributed by atoms with Gasteiger partial charge in [-0.1, -0.05) is 19.1 Å². The van der Waals surface area contributed by atoms with Crippen molar-refractivity contribution in [2.75, 3.05) is 0 Å². The zero-order chi connectivity index (χ0) is 22.0. The Kier molecular flexibility index (Phi) is 4.46. The van der Waals surface area contributed by atoms with Crippen LogP contribution in [0.15, 0.2) is 30.5 Å². The number of aromatic nitrogens is 1. The summed E-state index contributed by atoms with van der Waals surface area (Å²) in [5.41, 5.74) is 5.71. The minimum atomic E-state index is -0.308. The summed E-state index contributed by atoms with van der Waals surface area (Å²) in [6.07, 6.45) is 7.52. The van der Waals surface area contributed by atoms with Gasteiger partial charge < -0.3 is 4.74 Å². The number of fused-ring (bicyclic) bond motifs is 6. The molecule has 0 bridgehead atoms. The topological polar surface area (TPSA) is 59.5 Å². The summed E-state index contributed by atoms with van der Waals surface area (Å²) in [4.78, 5) is 31.5. The summed E-state index contributed by atoms with van der Waals surface area (Å²) in [6, 6.07) is 8.29. The Bertz CT molecular complexity index is 1100. The van der Waals surface area contributed by atoms with Gasteiger partial charge in [-0.3, -0.25) is 14.7 Å². The van der Waals surface area contributed by atoms with E-state index >= 15 is 0 Å². The number of carbonyl (C=O) groups excluding carboxylic acids is 2. The van der Waals surface area contributed by atoms with E-state index in [0.717, 1.165) is 55.3 Å². The zero-order valence-electron chi connectivity index (χ0n) is 18.9. The first-order valence-electron chi connectivity index (χ1n) is 12.0. The summed E-state index contributed by atoms with van der Waals surface area (Å²) >= 11 is 0. The molecule has 4 atom stereocenters. The van der Waals surface area contributed by atoms with Crippen molar-refractivity contribution < 1.29 is 14.3 Å². The molecule has 1 aromatic heterocycles. The van der Waals surface area contributed by atoms with E-state index < -0.39 is 0 Å². The van der Waals surface area contributed by atoms with E-state index in [0.29, 0.717) is 42.4 Å². The predicted molar refractivity (Wildman–Crippen MR) is 120 cm³/mol. The molecule has 2 saturated carbocycles. The van der Waals surface area contributed by atoms with Crippen molar-refractivity contribution in [2.24, 2.45) is 17.3 Å². The molecule has 6 rings (SSSR count). The summed E-state index contributed by atoms with van der Waals surface area (Å²) in [5, 5.41) is 0. The van der Waals surface area contributed by atoms with Crippen molar-refractivity contribution in [2.45, 2.75) is 71.4 Å². The molecular formula is C27H30N2O3. The van der Waals surface area contributed by atoms with Crippen LogP contribution in [0.5, 0.6) is 5.75 Å². The maximum atomic E-state index is 12.9. The van der Waals surface area contributed by atoms with Crippen molar-refractivity contribution in [1.29, 1.82) is 0 Å². The van der Waals surface area contributed by atoms with Crippen LogP contribution in [0, 0.1) is 24.2 Å². The van der Waals surface area contributed by atoms with Crippen molar-refractivity contribution in [1.82, 2.24) is 9.88 Å². The number of rotatable bonds is 1. The molecule has 4 unspecified atom stereocenters. The molecule has 3 aliphatic carbocycles. The minimum absolute atomic E-state index is 0.0919. The van der Waals surface area contributed by atoms with Crippen LogP contribution in [0.1, 0.15) is 72.9 Å². The van der Waals surface area contributed by atoms with E-state index in [9.17, 15) is 9.59 Å². The number of ketones is 1. The fourth-order valence-electron chi connectivity index (χ4n) is 7.08. The largest absolute Gasteiger partial charge is 0.415 e. The maximum Gasteiger partial charge on any atom is 0.415 e. The third-order valence-electron chi connectivity index (χ3n) is 8.87. The number of aryl methyl sites for hydroxylation is 2. The number of amides is 1. The number of carbonyl (C=O) groups is 2. The molecule has 2 heterocycles. The second-order valence-corrected chi connectivity index (χ2v) is 10.5. The van der Waals surface area contributed by atoms with Crippen LogP contribution in [0.25, 0.3) is 0 Å². The molecule has 32 heavy (non-hydrogen) atoms. The van der Waals surface area contributed by atoms with Crippen LogP contribution in [0.3, 0.4) is 0 Å². The van der Waals surface area contributed by atoms with Gasteiger partial charge in [0.25, 0.3) is 0 Å². The number of hydrogen-bond acceptors (Lipinski definition) is 4. The molecule has 5 heteroatoms. The van der Waals surface area contributed by atoms with E-state index in [-0.39, 0.29) is 11.5 Å². The molecule has 0 saturated heterocycles. The molecule has 2 aromatic rings. The number of pyridine rings is 1. The van der Waals surface area contributed by atoms with Gasteiger partial charge in [-0.05, 0) is 91.2 Å². The first-order valence-corrected chi connectivity index (χ1v) is 12.0. The molecule has 166 valence electrons. The van der Waals surface area contributed by atoms with Crippen molar-refractivity contribution in [3.05, 3.63) is 58.4 Å². The SMILES string of the molecule is Cc1cc2c(cc1OC(=O)N1Cc3cccnc3C1)CCC1C2CCC2(C)C(=O)CCC12. The third kappa shape index (κ3) is 2.93. The minimum Gasteiger partial charge on any atom is -0.410 e. The van der Waals surface area contributed by atoms with Crippen LogP contribution in [0.4, 0.5) is 4.79 Å². The lowest BCUT2D eigenvalue weighted by atomic mass is 9.55. The lowest BCUT2D eigenvalue weighted by molar-refractivity contribution is -0.129. The lowest BCUT2D eigenvalue weighted by Gasteiger charge is -2.48. The van der Waals surface area contributed by atoms with E-state index in [2.05, 4.69) is 24.0 Å². The van der Waals surface area contributed by atoms with Crippen molar-refractivity contribution >= 4 is 11.9 Å². The van der Waals surface area contributed by atoms with E-state index in [4.69, 9.17) is 4.74 Å². The molecule has 1 aromatic carbocycles. The highest BCUT2D eigenvalue weighted by molar-refractivity contribution is 5.87. The highest BCUT2D eigenvalue weighted by Crippen LogP contribution is 2.59. The van der Waals surface area contributed by atoms with Gasteiger partial charge in [0.05, 0.1) is 18.8 Å². The number of Topliss-reactive ketones (excluding diaryl/α,β-unsaturated/α-hetero) is 1. The van der Waals surface area contributed by atoms with Crippen LogP contribution >= 0.6 is 0 Å². The monoisotopic (exact) mass is 430 g/mol. The molecule has 2 fully saturated rings. The quantitative estimate of drug-likeness (QED) is 0.614. The Morgan fingerprint density at radius 1 is 1.16 bits per heavy atom. The standard InChI is InChI=1S/C27H30N2O3/c1-16-12-21-17(5-6-20-19(21)9-10-27(2)22(20)7-8-25(27)30)13-24(16)32-26(31)29-14-18-4-3-11-28-23(18)15-29/h3-4,11-13,19-20,22H,5-10,14-15H2,1-2H3. The predicted octanol–water partition coefficient (Wildman–Crippen LogP) is 5.33. The maximum absolute atomic E-state index is 12.9. The van der Waals surface area contributed by atoms with Gasteiger partial charge in [0.2, 0.25) is 0 Å². The van der Waals surface area contributed by atoms with Crippen molar-refractivity contribution in [3.8, 4) is 5.75 Å². The van der Waals surface area contributed by atoms with E-state index in [1.807, 2.05) is 19.1 Å². The highest BCUT2D eigenvalue weighted by atomic mass is 16.6.